The van der Waals surface area contributed by atoms with Gasteiger partial charge < -0.3 is 4.74 Å². The molecular formula is C16H19N3O. The van der Waals surface area contributed by atoms with E-state index >= 15 is 0 Å². The van der Waals surface area contributed by atoms with Gasteiger partial charge >= 0.3 is 0 Å². The van der Waals surface area contributed by atoms with E-state index in [0.29, 0.717) is 11.8 Å². The highest BCUT2D eigenvalue weighted by atomic mass is 16.5. The molecule has 1 aromatic heterocycles. The van der Waals surface area contributed by atoms with Gasteiger partial charge in [-0.25, -0.2) is 9.97 Å². The predicted octanol–water partition coefficient (Wildman–Crippen LogP) is 2.41. The fraction of sp³-hybridized carbons (Fsp3) is 0.500. The zero-order chi connectivity index (χ0) is 13.5. The summed E-state index contributed by atoms with van der Waals surface area (Å²) < 4.78 is 6.21. The average molecular weight is 269 g/mol. The van der Waals surface area contributed by atoms with Crippen molar-refractivity contribution in [3.63, 3.8) is 0 Å². The summed E-state index contributed by atoms with van der Waals surface area (Å²) >= 11 is 0. The quantitative estimate of drug-likeness (QED) is 0.839. The number of piperidine rings is 3. The van der Waals surface area contributed by atoms with Gasteiger partial charge in [-0.2, -0.15) is 0 Å². The van der Waals surface area contributed by atoms with E-state index in [1.165, 1.54) is 25.9 Å². The van der Waals surface area contributed by atoms with Crippen LogP contribution in [0.2, 0.25) is 0 Å². The normalized spacial score (nSPS) is 28.8. The van der Waals surface area contributed by atoms with Crippen LogP contribution in [0.3, 0.4) is 0 Å². The molecule has 1 unspecified atom stereocenters. The van der Waals surface area contributed by atoms with Crippen LogP contribution in [0.4, 0.5) is 0 Å². The lowest BCUT2D eigenvalue weighted by molar-refractivity contribution is -0.0103. The molecule has 4 nitrogen and oxygen atoms in total. The largest absolute Gasteiger partial charge is 0.471 e. The Morgan fingerprint density at radius 1 is 1.10 bits per heavy atom. The van der Waals surface area contributed by atoms with Crippen LogP contribution >= 0.6 is 0 Å². The lowest BCUT2D eigenvalue weighted by Crippen LogP contribution is -2.52. The molecule has 3 aliphatic rings. The zero-order valence-electron chi connectivity index (χ0n) is 11.7. The van der Waals surface area contributed by atoms with Crippen LogP contribution in [0.1, 0.15) is 18.5 Å². The Morgan fingerprint density at radius 3 is 2.45 bits per heavy atom. The van der Waals surface area contributed by atoms with Gasteiger partial charge in [0.1, 0.15) is 11.8 Å². The topological polar surface area (TPSA) is 38.3 Å². The molecule has 3 aliphatic heterocycles. The lowest BCUT2D eigenvalue weighted by Gasteiger charge is -2.44. The van der Waals surface area contributed by atoms with Gasteiger partial charge in [0.05, 0.1) is 11.0 Å². The van der Waals surface area contributed by atoms with Crippen molar-refractivity contribution >= 4 is 11.0 Å². The van der Waals surface area contributed by atoms with Crippen molar-refractivity contribution in [3.05, 3.63) is 30.0 Å². The number of para-hydroxylation sites is 2. The third-order valence-electron chi connectivity index (χ3n) is 4.56. The van der Waals surface area contributed by atoms with E-state index in [2.05, 4.69) is 14.9 Å². The lowest BCUT2D eigenvalue weighted by atomic mass is 9.86. The minimum Gasteiger partial charge on any atom is -0.471 e. The van der Waals surface area contributed by atoms with Crippen LogP contribution < -0.4 is 4.74 Å². The highest BCUT2D eigenvalue weighted by Gasteiger charge is 2.36. The predicted molar refractivity (Wildman–Crippen MR) is 77.9 cm³/mol. The minimum atomic E-state index is 0.284. The molecule has 4 heterocycles. The van der Waals surface area contributed by atoms with Gasteiger partial charge in [0.15, 0.2) is 0 Å². The van der Waals surface area contributed by atoms with Gasteiger partial charge in [-0.1, -0.05) is 12.1 Å². The maximum Gasteiger partial charge on any atom is 0.236 e. The summed E-state index contributed by atoms with van der Waals surface area (Å²) in [5, 5.41) is 0. The number of hydrogen-bond acceptors (Lipinski definition) is 4. The summed E-state index contributed by atoms with van der Waals surface area (Å²) in [5.74, 6) is 1.40. The smallest absolute Gasteiger partial charge is 0.236 e. The minimum absolute atomic E-state index is 0.284. The Hall–Kier alpha value is -1.68. The van der Waals surface area contributed by atoms with Crippen LogP contribution in [0.15, 0.2) is 24.3 Å². The summed E-state index contributed by atoms with van der Waals surface area (Å²) in [6.07, 6.45) is 2.79. The van der Waals surface area contributed by atoms with E-state index in [1.54, 1.807) is 0 Å². The molecule has 0 spiro atoms. The van der Waals surface area contributed by atoms with Crippen molar-refractivity contribution < 1.29 is 4.74 Å². The number of fused-ring (bicyclic) bond motifs is 4. The van der Waals surface area contributed by atoms with Gasteiger partial charge in [0, 0.05) is 6.54 Å². The number of rotatable bonds is 2. The zero-order valence-corrected chi connectivity index (χ0v) is 11.7. The van der Waals surface area contributed by atoms with Crippen molar-refractivity contribution in [2.75, 3.05) is 19.6 Å². The molecule has 0 aliphatic carbocycles. The molecule has 0 amide bonds. The van der Waals surface area contributed by atoms with E-state index in [0.717, 1.165) is 23.3 Å². The van der Waals surface area contributed by atoms with E-state index in [4.69, 9.17) is 4.74 Å². The highest BCUT2D eigenvalue weighted by Crippen LogP contribution is 2.31. The third kappa shape index (κ3) is 2.04. The standard InChI is InChI=1S/C16H19N3O/c1-11-16(18-14-5-3-2-4-13(14)17-11)20-15-10-19-8-6-12(15)7-9-19/h2-5,12,15H,6-10H2,1H3. The van der Waals surface area contributed by atoms with Crippen LogP contribution in [-0.2, 0) is 0 Å². The summed E-state index contributed by atoms with van der Waals surface area (Å²) in [6.45, 7) is 5.48. The second-order valence-electron chi connectivity index (χ2n) is 5.90. The molecule has 2 aromatic rings. The molecule has 0 radical (unpaired) electrons. The summed E-state index contributed by atoms with van der Waals surface area (Å²) in [6, 6.07) is 7.97. The van der Waals surface area contributed by atoms with E-state index in [1.807, 2.05) is 31.2 Å². The molecule has 1 aromatic carbocycles. The number of hydrogen-bond donors (Lipinski definition) is 0. The van der Waals surface area contributed by atoms with Gasteiger partial charge in [-0.05, 0) is 50.9 Å². The Labute approximate surface area is 118 Å². The second kappa shape index (κ2) is 4.70. The molecule has 104 valence electrons. The third-order valence-corrected chi connectivity index (χ3v) is 4.56. The SMILES string of the molecule is Cc1nc2ccccc2nc1OC1CN2CCC1CC2. The Bertz CT molecular complexity index is 635. The Kier molecular flexibility index (Phi) is 2.84. The molecular weight excluding hydrogens is 250 g/mol. The maximum atomic E-state index is 6.21. The molecule has 3 fully saturated rings. The fourth-order valence-electron chi connectivity index (χ4n) is 3.37. The summed E-state index contributed by atoms with van der Waals surface area (Å²) in [7, 11) is 0. The molecule has 2 bridgehead atoms. The van der Waals surface area contributed by atoms with Crippen LogP contribution in [-0.4, -0.2) is 40.6 Å². The number of nitrogens with zero attached hydrogens (tertiary/aromatic N) is 3. The van der Waals surface area contributed by atoms with Gasteiger partial charge in [0.2, 0.25) is 5.88 Å². The molecule has 0 N–H and O–H groups in total. The molecule has 1 atom stereocenters. The van der Waals surface area contributed by atoms with Crippen LogP contribution in [0.25, 0.3) is 11.0 Å². The van der Waals surface area contributed by atoms with Crippen molar-refractivity contribution in [1.82, 2.24) is 14.9 Å². The van der Waals surface area contributed by atoms with E-state index < -0.39 is 0 Å². The van der Waals surface area contributed by atoms with Gasteiger partial charge in [0.25, 0.3) is 0 Å². The van der Waals surface area contributed by atoms with Crippen LogP contribution in [0.5, 0.6) is 5.88 Å². The van der Waals surface area contributed by atoms with Gasteiger partial charge in [-0.15, -0.1) is 0 Å². The van der Waals surface area contributed by atoms with E-state index in [9.17, 15) is 0 Å². The number of aryl methyl sites for hydroxylation is 1. The van der Waals surface area contributed by atoms with Crippen LogP contribution in [0, 0.1) is 12.8 Å². The highest BCUT2D eigenvalue weighted by molar-refractivity contribution is 5.74. The maximum absolute atomic E-state index is 6.21. The Balaban J connectivity index is 1.63. The Morgan fingerprint density at radius 2 is 1.80 bits per heavy atom. The van der Waals surface area contributed by atoms with Crippen molar-refractivity contribution in [3.8, 4) is 5.88 Å². The first kappa shape index (κ1) is 12.1. The van der Waals surface area contributed by atoms with Crippen molar-refractivity contribution in [1.29, 1.82) is 0 Å². The van der Waals surface area contributed by atoms with E-state index in [-0.39, 0.29) is 6.10 Å². The fourth-order valence-corrected chi connectivity index (χ4v) is 3.37. The molecule has 4 heteroatoms. The molecule has 3 saturated heterocycles. The van der Waals surface area contributed by atoms with Crippen molar-refractivity contribution in [2.45, 2.75) is 25.9 Å². The monoisotopic (exact) mass is 269 g/mol. The van der Waals surface area contributed by atoms with Gasteiger partial charge in [-0.3, -0.25) is 4.90 Å². The molecule has 5 rings (SSSR count). The molecule has 0 saturated carbocycles. The first-order valence-electron chi connectivity index (χ1n) is 7.42. The second-order valence-corrected chi connectivity index (χ2v) is 5.90. The van der Waals surface area contributed by atoms with Crippen molar-refractivity contribution in [2.24, 2.45) is 5.92 Å². The number of benzene rings is 1. The summed E-state index contributed by atoms with van der Waals surface area (Å²) in [4.78, 5) is 11.7. The molecule has 20 heavy (non-hydrogen) atoms. The first-order chi connectivity index (χ1) is 9.79. The average Bonchev–Trinajstić information content (AvgIpc) is 2.49. The first-order valence-corrected chi connectivity index (χ1v) is 7.42. The number of ether oxygens (including phenoxy) is 1. The number of aromatic nitrogens is 2. The summed E-state index contributed by atoms with van der Waals surface area (Å²) in [5.41, 5.74) is 2.74.